The molecule has 0 aliphatic rings. The van der Waals surface area contributed by atoms with Crippen molar-refractivity contribution in [3.8, 4) is 17.1 Å². The van der Waals surface area contributed by atoms with Crippen LogP contribution in [0.25, 0.3) is 17.4 Å². The van der Waals surface area contributed by atoms with Crippen molar-refractivity contribution in [2.75, 3.05) is 5.32 Å². The molecular weight excluding hydrogens is 350 g/mol. The van der Waals surface area contributed by atoms with E-state index in [0.717, 1.165) is 5.56 Å². The molecule has 0 atom stereocenters. The average molecular weight is 365 g/mol. The first kappa shape index (κ1) is 17.4. The van der Waals surface area contributed by atoms with Crippen LogP contribution >= 0.6 is 12.2 Å². The molecule has 6 nitrogen and oxygen atoms in total. The van der Waals surface area contributed by atoms with Gasteiger partial charge in [-0.3, -0.25) is 10.1 Å². The van der Waals surface area contributed by atoms with Crippen LogP contribution in [-0.4, -0.2) is 21.1 Å². The molecule has 26 heavy (non-hydrogen) atoms. The molecule has 3 rings (SSSR count). The summed E-state index contributed by atoms with van der Waals surface area (Å²) < 4.78 is 5.68. The maximum Gasteiger partial charge on any atom is 0.250 e. The lowest BCUT2D eigenvalue weighted by Gasteiger charge is -2.08. The van der Waals surface area contributed by atoms with Gasteiger partial charge in [-0.25, -0.2) is 4.98 Å². The van der Waals surface area contributed by atoms with E-state index in [4.69, 9.17) is 16.6 Å². The molecule has 1 amide bonds. The van der Waals surface area contributed by atoms with Crippen LogP contribution in [0.3, 0.4) is 0 Å². The van der Waals surface area contributed by atoms with E-state index in [2.05, 4.69) is 15.6 Å². The molecule has 1 aromatic carbocycles. The van der Waals surface area contributed by atoms with Crippen LogP contribution in [0, 0.1) is 0 Å². The Morgan fingerprint density at radius 1 is 1.12 bits per heavy atom. The van der Waals surface area contributed by atoms with Crippen molar-refractivity contribution in [3.05, 3.63) is 72.6 Å². The Labute approximate surface area is 155 Å². The molecule has 0 saturated carbocycles. The third-order valence-electron chi connectivity index (χ3n) is 3.34. The van der Waals surface area contributed by atoms with Crippen LogP contribution < -0.4 is 10.6 Å². The average Bonchev–Trinajstić information content (AvgIpc) is 3.12. The third kappa shape index (κ3) is 4.55. The molecule has 3 aromatic rings. The minimum Gasteiger partial charge on any atom is -0.504 e. The highest BCUT2D eigenvalue weighted by molar-refractivity contribution is 7.80. The third-order valence-corrected chi connectivity index (χ3v) is 3.54. The molecule has 130 valence electrons. The van der Waals surface area contributed by atoms with E-state index >= 15 is 0 Å². The summed E-state index contributed by atoms with van der Waals surface area (Å²) >= 11 is 5.02. The van der Waals surface area contributed by atoms with E-state index in [1.165, 1.54) is 18.3 Å². The minimum atomic E-state index is -0.435. The molecule has 7 heteroatoms. The van der Waals surface area contributed by atoms with Crippen molar-refractivity contribution in [2.45, 2.75) is 0 Å². The van der Waals surface area contributed by atoms with Gasteiger partial charge < -0.3 is 14.8 Å². The minimum absolute atomic E-state index is 0.0260. The SMILES string of the molecule is O=C(/C=C/c1ccc(-c2ccccc2)o1)NC(=S)Nc1ncccc1O. The number of pyridine rings is 1. The Bertz CT molecular complexity index is 951. The van der Waals surface area contributed by atoms with Crippen LogP contribution in [-0.2, 0) is 4.79 Å². The highest BCUT2D eigenvalue weighted by atomic mass is 32.1. The first-order valence-corrected chi connectivity index (χ1v) is 8.12. The molecular formula is C19H15N3O3S. The first-order chi connectivity index (χ1) is 12.6. The maximum atomic E-state index is 11.9. The molecule has 0 aliphatic heterocycles. The maximum absolute atomic E-state index is 11.9. The number of thiocarbonyl (C=S) groups is 1. The fraction of sp³-hybridized carbons (Fsp3) is 0. The monoisotopic (exact) mass is 365 g/mol. The van der Waals surface area contributed by atoms with Gasteiger partial charge in [0.25, 0.3) is 0 Å². The highest BCUT2D eigenvalue weighted by Crippen LogP contribution is 2.22. The van der Waals surface area contributed by atoms with Gasteiger partial charge in [-0.15, -0.1) is 0 Å². The molecule has 0 radical (unpaired) electrons. The predicted octanol–water partition coefficient (Wildman–Crippen LogP) is 3.57. The Morgan fingerprint density at radius 2 is 1.92 bits per heavy atom. The van der Waals surface area contributed by atoms with Gasteiger partial charge in [0.15, 0.2) is 16.7 Å². The molecule has 0 aliphatic carbocycles. The second kappa shape index (κ2) is 8.09. The van der Waals surface area contributed by atoms with Crippen LogP contribution in [0.1, 0.15) is 5.76 Å². The normalized spacial score (nSPS) is 10.6. The number of carbonyl (C=O) groups excluding carboxylic acids is 1. The number of carbonyl (C=O) groups is 1. The van der Waals surface area contributed by atoms with E-state index in [-0.39, 0.29) is 16.7 Å². The fourth-order valence-electron chi connectivity index (χ4n) is 2.14. The summed E-state index contributed by atoms with van der Waals surface area (Å²) in [6.45, 7) is 0. The number of furan rings is 1. The van der Waals surface area contributed by atoms with Crippen molar-refractivity contribution in [1.82, 2.24) is 10.3 Å². The summed E-state index contributed by atoms with van der Waals surface area (Å²) in [5.74, 6) is 0.924. The van der Waals surface area contributed by atoms with Crippen molar-refractivity contribution in [2.24, 2.45) is 0 Å². The van der Waals surface area contributed by atoms with Gasteiger partial charge >= 0.3 is 0 Å². The molecule has 0 unspecified atom stereocenters. The number of nitrogens with zero attached hydrogens (tertiary/aromatic N) is 1. The van der Waals surface area contributed by atoms with Gasteiger partial charge in [-0.1, -0.05) is 30.3 Å². The predicted molar refractivity (Wildman–Crippen MR) is 103 cm³/mol. The summed E-state index contributed by atoms with van der Waals surface area (Å²) in [5.41, 5.74) is 0.956. The number of hydrogen-bond acceptors (Lipinski definition) is 5. The highest BCUT2D eigenvalue weighted by Gasteiger charge is 2.06. The van der Waals surface area contributed by atoms with Crippen LogP contribution in [0.2, 0.25) is 0 Å². The molecule has 0 bridgehead atoms. The van der Waals surface area contributed by atoms with Gasteiger partial charge in [0, 0.05) is 17.8 Å². The van der Waals surface area contributed by atoms with Crippen LogP contribution in [0.4, 0.5) is 5.82 Å². The molecule has 2 heterocycles. The number of benzene rings is 1. The van der Waals surface area contributed by atoms with Gasteiger partial charge in [0.2, 0.25) is 5.91 Å². The molecule has 2 aromatic heterocycles. The van der Waals surface area contributed by atoms with Gasteiger partial charge in [0.05, 0.1) is 0 Å². The quantitative estimate of drug-likeness (QED) is 0.484. The van der Waals surface area contributed by atoms with E-state index in [1.807, 2.05) is 36.4 Å². The van der Waals surface area contributed by atoms with Crippen molar-refractivity contribution >= 4 is 35.1 Å². The van der Waals surface area contributed by atoms with E-state index in [1.54, 1.807) is 18.2 Å². The smallest absolute Gasteiger partial charge is 0.250 e. The van der Waals surface area contributed by atoms with Crippen molar-refractivity contribution in [3.63, 3.8) is 0 Å². The largest absolute Gasteiger partial charge is 0.504 e. The van der Waals surface area contributed by atoms with E-state index in [9.17, 15) is 9.90 Å². The zero-order chi connectivity index (χ0) is 18.4. The number of anilines is 1. The summed E-state index contributed by atoms with van der Waals surface area (Å²) in [6.07, 6.45) is 4.34. The Balaban J connectivity index is 1.57. The number of aromatic hydroxyl groups is 1. The Morgan fingerprint density at radius 3 is 2.69 bits per heavy atom. The molecule has 0 saturated heterocycles. The fourth-order valence-corrected chi connectivity index (χ4v) is 2.34. The number of aromatic nitrogens is 1. The molecule has 0 fully saturated rings. The van der Waals surface area contributed by atoms with Gasteiger partial charge in [0.1, 0.15) is 11.5 Å². The Kier molecular flexibility index (Phi) is 5.40. The number of hydrogen-bond donors (Lipinski definition) is 3. The van der Waals surface area contributed by atoms with Crippen molar-refractivity contribution < 1.29 is 14.3 Å². The lowest BCUT2D eigenvalue weighted by molar-refractivity contribution is -0.115. The number of amides is 1. The summed E-state index contributed by atoms with van der Waals surface area (Å²) in [5, 5.41) is 14.8. The lowest BCUT2D eigenvalue weighted by Crippen LogP contribution is -2.33. The van der Waals surface area contributed by atoms with Gasteiger partial charge in [-0.2, -0.15) is 0 Å². The summed E-state index contributed by atoms with van der Waals surface area (Å²) in [4.78, 5) is 15.8. The van der Waals surface area contributed by atoms with Crippen molar-refractivity contribution in [1.29, 1.82) is 0 Å². The Hall–Kier alpha value is -3.45. The van der Waals surface area contributed by atoms with Gasteiger partial charge in [-0.05, 0) is 42.6 Å². The standard InChI is InChI=1S/C19H15N3O3S/c23-15-7-4-12-20-18(15)22-19(26)21-17(24)11-9-14-8-10-16(25-14)13-5-2-1-3-6-13/h1-12,23H,(H2,20,21,22,24,26)/b11-9+. The number of rotatable bonds is 4. The zero-order valence-electron chi connectivity index (χ0n) is 13.5. The number of nitrogens with one attached hydrogen (secondary N) is 2. The summed E-state index contributed by atoms with van der Waals surface area (Å²) in [6, 6.07) is 16.3. The zero-order valence-corrected chi connectivity index (χ0v) is 14.4. The first-order valence-electron chi connectivity index (χ1n) is 7.71. The van der Waals surface area contributed by atoms with Crippen LogP contribution in [0.5, 0.6) is 5.75 Å². The van der Waals surface area contributed by atoms with E-state index in [0.29, 0.717) is 11.5 Å². The lowest BCUT2D eigenvalue weighted by atomic mass is 10.2. The molecule has 0 spiro atoms. The second-order valence-electron chi connectivity index (χ2n) is 5.22. The van der Waals surface area contributed by atoms with Crippen LogP contribution in [0.15, 0.2) is 71.3 Å². The van der Waals surface area contributed by atoms with E-state index < -0.39 is 5.91 Å². The topological polar surface area (TPSA) is 87.4 Å². The summed E-state index contributed by atoms with van der Waals surface area (Å²) in [7, 11) is 0. The second-order valence-corrected chi connectivity index (χ2v) is 5.62. The molecule has 3 N–H and O–H groups in total.